The van der Waals surface area contributed by atoms with Crippen molar-refractivity contribution >= 4 is 0 Å². The molecular weight excluding hydrogens is 228 g/mol. The predicted octanol–water partition coefficient (Wildman–Crippen LogP) is 3.26. The van der Waals surface area contributed by atoms with Crippen LogP contribution in [0, 0.1) is 7.43 Å². The van der Waals surface area contributed by atoms with E-state index in [1.54, 1.807) is 0 Å². The van der Waals surface area contributed by atoms with Gasteiger partial charge in [-0.25, -0.2) is 24.3 Å². The summed E-state index contributed by atoms with van der Waals surface area (Å²) in [6, 6.07) is 20.0. The quantitative estimate of drug-likeness (QED) is 0.490. The zero-order valence-electron chi connectivity index (χ0n) is 7.77. The average molecular weight is 241 g/mol. The Bertz CT molecular complexity index is 147. The van der Waals surface area contributed by atoms with Gasteiger partial charge >= 0.3 is 21.7 Å². The molecule has 0 saturated heterocycles. The molecule has 0 fully saturated rings. The third-order valence-corrected chi connectivity index (χ3v) is 1.11. The molecule has 0 aliphatic carbocycles. The van der Waals surface area contributed by atoms with Crippen LogP contribution in [-0.4, -0.2) is 0 Å². The number of rotatable bonds is 0. The van der Waals surface area contributed by atoms with Crippen LogP contribution in [0.5, 0.6) is 0 Å². The van der Waals surface area contributed by atoms with Crippen molar-refractivity contribution in [3.05, 3.63) is 68.1 Å². The molecular formula is C11H13Ti2-. The maximum Gasteiger partial charge on any atom is 2.00 e. The summed E-state index contributed by atoms with van der Waals surface area (Å²) < 4.78 is 0. The van der Waals surface area contributed by atoms with Gasteiger partial charge in [-0.1, -0.05) is 0 Å². The Kier molecular flexibility index (Phi) is 21.2. The Balaban J connectivity index is -0.000000125. The first kappa shape index (κ1) is 18.8. The predicted molar refractivity (Wildman–Crippen MR) is 50.5 cm³/mol. The Morgan fingerprint density at radius 1 is 0.615 bits per heavy atom. The van der Waals surface area contributed by atoms with Crippen LogP contribution in [0.3, 0.4) is 0 Å². The first-order chi connectivity index (χ1) is 5.00. The Labute approximate surface area is 111 Å². The van der Waals surface area contributed by atoms with E-state index in [-0.39, 0.29) is 50.9 Å². The largest absolute Gasteiger partial charge is 2.00 e. The molecule has 0 nitrogen and oxygen atoms in total. The van der Waals surface area contributed by atoms with Crippen LogP contribution in [-0.2, 0) is 43.4 Å². The van der Waals surface area contributed by atoms with Crippen LogP contribution < -0.4 is 0 Å². The van der Waals surface area contributed by atoms with Crippen LogP contribution in [0.4, 0.5) is 0 Å². The molecule has 2 rings (SSSR count). The van der Waals surface area contributed by atoms with Gasteiger partial charge in [0.1, 0.15) is 0 Å². The number of hydrogen-bond acceptors (Lipinski definition) is 0. The second-order valence-electron chi connectivity index (χ2n) is 1.92. The molecule has 0 bridgehead atoms. The summed E-state index contributed by atoms with van der Waals surface area (Å²) in [5.74, 6) is 0. The molecule has 0 N–H and O–H groups in total. The minimum Gasteiger partial charge on any atom is -0.358 e. The van der Waals surface area contributed by atoms with E-state index in [1.165, 1.54) is 0 Å². The van der Waals surface area contributed by atoms with Gasteiger partial charge in [0, 0.05) is 21.7 Å². The van der Waals surface area contributed by atoms with E-state index in [2.05, 4.69) is 0 Å². The van der Waals surface area contributed by atoms with E-state index in [0.29, 0.717) is 0 Å². The molecule has 0 aliphatic heterocycles. The van der Waals surface area contributed by atoms with Gasteiger partial charge in [0.05, 0.1) is 0 Å². The molecule has 0 unspecified atom stereocenters. The summed E-state index contributed by atoms with van der Waals surface area (Å²) in [4.78, 5) is 0. The summed E-state index contributed by atoms with van der Waals surface area (Å²) >= 11 is 0. The van der Waals surface area contributed by atoms with E-state index in [4.69, 9.17) is 0 Å². The van der Waals surface area contributed by atoms with Gasteiger partial charge in [-0.15, -0.1) is 0 Å². The summed E-state index contributed by atoms with van der Waals surface area (Å²) in [6.07, 6.45) is 0. The molecule has 0 atom stereocenters. The third-order valence-electron chi connectivity index (χ3n) is 1.11. The van der Waals surface area contributed by atoms with Crippen molar-refractivity contribution in [1.82, 2.24) is 0 Å². The van der Waals surface area contributed by atoms with Gasteiger partial charge in [0.25, 0.3) is 0 Å². The SMILES string of the molecule is [CH3-].[Ti+2].[Ti].c1cc[cH-]c1.c1cc[cH-]c1. The Morgan fingerprint density at radius 3 is 0.923 bits per heavy atom. The van der Waals surface area contributed by atoms with Gasteiger partial charge in [-0.2, -0.15) is 36.4 Å². The molecule has 13 heavy (non-hydrogen) atoms. The van der Waals surface area contributed by atoms with Crippen LogP contribution >= 0.6 is 0 Å². The van der Waals surface area contributed by atoms with Crippen LogP contribution in [0.1, 0.15) is 0 Å². The first-order valence-electron chi connectivity index (χ1n) is 3.33. The van der Waals surface area contributed by atoms with Crippen molar-refractivity contribution in [3.63, 3.8) is 0 Å². The minimum absolute atomic E-state index is 0. The zero-order valence-corrected chi connectivity index (χ0v) is 10.9. The topological polar surface area (TPSA) is 0 Å². The second-order valence-corrected chi connectivity index (χ2v) is 1.92. The molecule has 0 aliphatic rings. The van der Waals surface area contributed by atoms with Crippen LogP contribution in [0.2, 0.25) is 0 Å². The van der Waals surface area contributed by atoms with E-state index in [9.17, 15) is 0 Å². The molecule has 2 heteroatoms. The second kappa shape index (κ2) is 14.6. The summed E-state index contributed by atoms with van der Waals surface area (Å²) in [5.41, 5.74) is 0. The summed E-state index contributed by atoms with van der Waals surface area (Å²) in [7, 11) is 0. The number of hydrogen-bond donors (Lipinski definition) is 0. The van der Waals surface area contributed by atoms with Gasteiger partial charge < -0.3 is 7.43 Å². The van der Waals surface area contributed by atoms with Gasteiger partial charge in [-0.05, 0) is 0 Å². The smallest absolute Gasteiger partial charge is 0.358 e. The fourth-order valence-corrected chi connectivity index (χ4v) is 0.642. The van der Waals surface area contributed by atoms with Crippen molar-refractivity contribution in [2.75, 3.05) is 0 Å². The standard InChI is InChI=1S/2C5H5.CH3.2Ti/c2*1-2-4-5-3-1;;;/h2*1-5H;1H3;;/q3*-1;;+2. The van der Waals surface area contributed by atoms with Gasteiger partial charge in [0.15, 0.2) is 0 Å². The van der Waals surface area contributed by atoms with Gasteiger partial charge in [-0.3, -0.25) is 0 Å². The molecule has 0 amide bonds. The van der Waals surface area contributed by atoms with E-state index >= 15 is 0 Å². The molecule has 2 aromatic carbocycles. The van der Waals surface area contributed by atoms with E-state index in [0.717, 1.165) is 0 Å². The summed E-state index contributed by atoms with van der Waals surface area (Å²) in [5, 5.41) is 0. The normalized spacial score (nSPS) is 6.15. The molecule has 0 spiro atoms. The minimum atomic E-state index is 0. The molecule has 66 valence electrons. The molecule has 0 saturated carbocycles. The fraction of sp³-hybridized carbons (Fsp3) is 0. The van der Waals surface area contributed by atoms with Crippen LogP contribution in [0.25, 0.3) is 0 Å². The summed E-state index contributed by atoms with van der Waals surface area (Å²) in [6.45, 7) is 0. The van der Waals surface area contributed by atoms with Crippen LogP contribution in [0.15, 0.2) is 60.7 Å². The first-order valence-corrected chi connectivity index (χ1v) is 3.33. The maximum absolute atomic E-state index is 2.00. The molecule has 0 radical (unpaired) electrons. The third kappa shape index (κ3) is 12.1. The molecule has 2 aromatic rings. The average Bonchev–Trinajstić information content (AvgIpc) is 2.67. The van der Waals surface area contributed by atoms with Crippen molar-refractivity contribution < 1.29 is 43.4 Å². The van der Waals surface area contributed by atoms with Gasteiger partial charge in [0.2, 0.25) is 0 Å². The molecule has 0 heterocycles. The van der Waals surface area contributed by atoms with Crippen molar-refractivity contribution in [2.24, 2.45) is 0 Å². The van der Waals surface area contributed by atoms with Crippen molar-refractivity contribution in [1.29, 1.82) is 0 Å². The zero-order chi connectivity index (χ0) is 7.07. The van der Waals surface area contributed by atoms with Crippen molar-refractivity contribution in [2.45, 2.75) is 0 Å². The Morgan fingerprint density at radius 2 is 0.846 bits per heavy atom. The maximum atomic E-state index is 2.00. The van der Waals surface area contributed by atoms with E-state index in [1.807, 2.05) is 60.7 Å². The van der Waals surface area contributed by atoms with E-state index < -0.39 is 0 Å². The Hall–Kier alpha value is 0.129. The van der Waals surface area contributed by atoms with Crippen molar-refractivity contribution in [3.8, 4) is 0 Å². The molecule has 0 aromatic heterocycles. The fourth-order valence-electron chi connectivity index (χ4n) is 0.642. The monoisotopic (exact) mass is 241 g/mol.